The molecule has 1 aromatic heterocycles. The summed E-state index contributed by atoms with van der Waals surface area (Å²) in [6.07, 6.45) is 1.50. The van der Waals surface area contributed by atoms with Crippen molar-refractivity contribution in [2.45, 2.75) is 32.4 Å². The Morgan fingerprint density at radius 1 is 1.40 bits per heavy atom. The molecule has 1 aliphatic rings. The highest BCUT2D eigenvalue weighted by molar-refractivity contribution is 7.99. The summed E-state index contributed by atoms with van der Waals surface area (Å²) >= 11 is 1.92. The molecule has 1 unspecified atom stereocenters. The maximum absolute atomic E-state index is 12.0. The molecule has 0 saturated carbocycles. The SMILES string of the molecule is Cc1nc2ccccc2n1CCCNC(=O)CC1CSCCN1.Cl.Cl. The van der Waals surface area contributed by atoms with Crippen LogP contribution in [0.4, 0.5) is 0 Å². The molecule has 0 spiro atoms. The summed E-state index contributed by atoms with van der Waals surface area (Å²) in [5.74, 6) is 3.36. The Morgan fingerprint density at radius 3 is 2.96 bits per heavy atom. The normalized spacial score (nSPS) is 16.8. The van der Waals surface area contributed by atoms with E-state index < -0.39 is 0 Å². The summed E-state index contributed by atoms with van der Waals surface area (Å²) in [7, 11) is 0. The minimum absolute atomic E-state index is 0. The quantitative estimate of drug-likeness (QED) is 0.726. The number of rotatable bonds is 6. The molecule has 0 aliphatic carbocycles. The number of para-hydroxylation sites is 2. The molecule has 0 bridgehead atoms. The van der Waals surface area contributed by atoms with Gasteiger partial charge in [0.05, 0.1) is 11.0 Å². The zero-order valence-electron chi connectivity index (χ0n) is 14.4. The zero-order chi connectivity index (χ0) is 16.1. The molecule has 0 radical (unpaired) electrons. The number of hydrogen-bond acceptors (Lipinski definition) is 4. The number of imidazole rings is 1. The number of carbonyl (C=O) groups is 1. The zero-order valence-corrected chi connectivity index (χ0v) is 16.8. The van der Waals surface area contributed by atoms with Crippen molar-refractivity contribution in [1.29, 1.82) is 0 Å². The fraction of sp³-hybridized carbons (Fsp3) is 0.529. The van der Waals surface area contributed by atoms with Crippen LogP contribution in [-0.2, 0) is 11.3 Å². The molecule has 25 heavy (non-hydrogen) atoms. The van der Waals surface area contributed by atoms with Crippen molar-refractivity contribution in [3.63, 3.8) is 0 Å². The number of amides is 1. The van der Waals surface area contributed by atoms with Gasteiger partial charge in [0.25, 0.3) is 0 Å². The van der Waals surface area contributed by atoms with Crippen LogP contribution in [0.1, 0.15) is 18.7 Å². The molecular weight excluding hydrogens is 379 g/mol. The first kappa shape index (κ1) is 22.1. The summed E-state index contributed by atoms with van der Waals surface area (Å²) in [6, 6.07) is 8.51. The third kappa shape index (κ3) is 6.06. The molecule has 1 atom stereocenters. The van der Waals surface area contributed by atoms with Gasteiger partial charge in [-0.05, 0) is 25.5 Å². The Balaban J connectivity index is 0.00000156. The van der Waals surface area contributed by atoms with Crippen molar-refractivity contribution in [2.75, 3.05) is 24.6 Å². The molecule has 1 saturated heterocycles. The van der Waals surface area contributed by atoms with Gasteiger partial charge in [0, 0.05) is 43.6 Å². The second-order valence-electron chi connectivity index (χ2n) is 5.93. The van der Waals surface area contributed by atoms with Crippen LogP contribution in [0.25, 0.3) is 11.0 Å². The Hall–Kier alpha value is -0.950. The number of aromatic nitrogens is 2. The number of hydrogen-bond donors (Lipinski definition) is 2. The van der Waals surface area contributed by atoms with Crippen LogP contribution in [0.2, 0.25) is 0 Å². The average molecular weight is 405 g/mol. The van der Waals surface area contributed by atoms with E-state index in [-0.39, 0.29) is 30.7 Å². The molecule has 1 aromatic carbocycles. The molecular formula is C17H26Cl2N4OS. The number of carbonyl (C=O) groups excluding carboxylic acids is 1. The Morgan fingerprint density at radius 2 is 2.20 bits per heavy atom. The highest BCUT2D eigenvalue weighted by Gasteiger charge is 2.16. The maximum atomic E-state index is 12.0. The van der Waals surface area contributed by atoms with Crippen molar-refractivity contribution in [2.24, 2.45) is 0 Å². The summed E-state index contributed by atoms with van der Waals surface area (Å²) in [5.41, 5.74) is 2.20. The molecule has 2 heterocycles. The van der Waals surface area contributed by atoms with Gasteiger partial charge in [-0.1, -0.05) is 12.1 Å². The molecule has 3 rings (SSSR count). The van der Waals surface area contributed by atoms with Gasteiger partial charge >= 0.3 is 0 Å². The number of fused-ring (bicyclic) bond motifs is 1. The van der Waals surface area contributed by atoms with E-state index in [9.17, 15) is 4.79 Å². The van der Waals surface area contributed by atoms with Crippen LogP contribution in [0.3, 0.4) is 0 Å². The molecule has 2 aromatic rings. The lowest BCUT2D eigenvalue weighted by molar-refractivity contribution is -0.121. The van der Waals surface area contributed by atoms with E-state index in [0.29, 0.717) is 19.0 Å². The average Bonchev–Trinajstić information content (AvgIpc) is 2.88. The van der Waals surface area contributed by atoms with E-state index in [2.05, 4.69) is 26.3 Å². The smallest absolute Gasteiger partial charge is 0.221 e. The summed E-state index contributed by atoms with van der Waals surface area (Å²) in [6.45, 7) is 4.63. The summed E-state index contributed by atoms with van der Waals surface area (Å²) in [5, 5.41) is 6.43. The van der Waals surface area contributed by atoms with E-state index >= 15 is 0 Å². The monoisotopic (exact) mass is 404 g/mol. The van der Waals surface area contributed by atoms with Crippen LogP contribution in [0, 0.1) is 6.92 Å². The Kier molecular flexibility index (Phi) is 9.64. The number of halogens is 2. The second-order valence-corrected chi connectivity index (χ2v) is 7.08. The van der Waals surface area contributed by atoms with Crippen molar-refractivity contribution in [3.8, 4) is 0 Å². The van der Waals surface area contributed by atoms with Crippen molar-refractivity contribution in [3.05, 3.63) is 30.1 Å². The number of thioether (sulfide) groups is 1. The maximum Gasteiger partial charge on any atom is 0.221 e. The van der Waals surface area contributed by atoms with Crippen LogP contribution < -0.4 is 10.6 Å². The number of nitrogens with one attached hydrogen (secondary N) is 2. The van der Waals surface area contributed by atoms with Gasteiger partial charge in [-0.2, -0.15) is 11.8 Å². The van der Waals surface area contributed by atoms with Crippen molar-refractivity contribution < 1.29 is 4.79 Å². The first-order chi connectivity index (χ1) is 11.2. The fourth-order valence-corrected chi connectivity index (χ4v) is 3.94. The first-order valence-electron chi connectivity index (χ1n) is 8.24. The van der Waals surface area contributed by atoms with E-state index in [4.69, 9.17) is 0 Å². The van der Waals surface area contributed by atoms with Gasteiger partial charge in [-0.25, -0.2) is 4.98 Å². The largest absolute Gasteiger partial charge is 0.356 e. The lowest BCUT2D eigenvalue weighted by atomic mass is 10.2. The third-order valence-corrected chi connectivity index (χ3v) is 5.29. The van der Waals surface area contributed by atoms with Crippen LogP contribution in [-0.4, -0.2) is 46.1 Å². The molecule has 1 fully saturated rings. The van der Waals surface area contributed by atoms with E-state index in [1.165, 1.54) is 5.52 Å². The van der Waals surface area contributed by atoms with Crippen molar-refractivity contribution in [1.82, 2.24) is 20.2 Å². The number of benzene rings is 1. The number of nitrogens with zero attached hydrogens (tertiary/aromatic N) is 2. The lowest BCUT2D eigenvalue weighted by Gasteiger charge is -2.22. The molecule has 8 heteroatoms. The van der Waals surface area contributed by atoms with E-state index in [1.807, 2.05) is 36.9 Å². The predicted molar refractivity (Wildman–Crippen MR) is 110 cm³/mol. The van der Waals surface area contributed by atoms with Crippen LogP contribution in [0.15, 0.2) is 24.3 Å². The molecule has 140 valence electrons. The third-order valence-electron chi connectivity index (χ3n) is 4.16. The topological polar surface area (TPSA) is 59.0 Å². The minimum Gasteiger partial charge on any atom is -0.356 e. The highest BCUT2D eigenvalue weighted by atomic mass is 35.5. The molecule has 1 amide bonds. The lowest BCUT2D eigenvalue weighted by Crippen LogP contribution is -2.41. The first-order valence-corrected chi connectivity index (χ1v) is 9.39. The second kappa shape index (κ2) is 10.9. The summed E-state index contributed by atoms with van der Waals surface area (Å²) < 4.78 is 2.22. The van der Waals surface area contributed by atoms with Gasteiger partial charge in [-0.3, -0.25) is 4.79 Å². The minimum atomic E-state index is 0. The highest BCUT2D eigenvalue weighted by Crippen LogP contribution is 2.15. The van der Waals surface area contributed by atoms with Crippen LogP contribution in [0.5, 0.6) is 0 Å². The summed E-state index contributed by atoms with van der Waals surface area (Å²) in [4.78, 5) is 16.5. The van der Waals surface area contributed by atoms with Gasteiger partial charge in [-0.15, -0.1) is 24.8 Å². The Labute approximate surface area is 165 Å². The van der Waals surface area contributed by atoms with E-state index in [0.717, 1.165) is 42.4 Å². The van der Waals surface area contributed by atoms with Gasteiger partial charge in [0.15, 0.2) is 0 Å². The van der Waals surface area contributed by atoms with E-state index in [1.54, 1.807) is 0 Å². The molecule has 1 aliphatic heterocycles. The van der Waals surface area contributed by atoms with Gasteiger partial charge in [0.2, 0.25) is 5.91 Å². The molecule has 5 nitrogen and oxygen atoms in total. The number of aryl methyl sites for hydroxylation is 2. The fourth-order valence-electron chi connectivity index (χ4n) is 2.99. The van der Waals surface area contributed by atoms with Crippen LogP contribution >= 0.6 is 36.6 Å². The van der Waals surface area contributed by atoms with Gasteiger partial charge < -0.3 is 15.2 Å². The Bertz CT molecular complexity index is 674. The standard InChI is InChI=1S/C17H24N4OS.2ClH/c1-13-20-15-5-2-3-6-16(15)21(13)9-4-7-19-17(22)11-14-12-23-10-8-18-14;;/h2-3,5-6,14,18H,4,7-12H2,1H3,(H,19,22);2*1H. The molecule has 2 N–H and O–H groups in total. The predicted octanol–water partition coefficient (Wildman–Crippen LogP) is 2.79. The van der Waals surface area contributed by atoms with Crippen molar-refractivity contribution >= 4 is 53.5 Å². The van der Waals surface area contributed by atoms with Gasteiger partial charge in [0.1, 0.15) is 5.82 Å².